The van der Waals surface area contributed by atoms with E-state index in [1.807, 2.05) is 41.4 Å². The van der Waals surface area contributed by atoms with Gasteiger partial charge in [-0.3, -0.25) is 4.79 Å². The molecule has 1 atom stereocenters. The highest BCUT2D eigenvalue weighted by Crippen LogP contribution is 2.33. The first-order valence-corrected chi connectivity index (χ1v) is 13.5. The summed E-state index contributed by atoms with van der Waals surface area (Å²) in [5.41, 5.74) is 1.88. The molecular weight excluding hydrogens is 436 g/mol. The Bertz CT molecular complexity index is 1040. The molecule has 0 bridgehead atoms. The lowest BCUT2D eigenvalue weighted by Crippen LogP contribution is -2.45. The smallest absolute Gasteiger partial charge is 0.253 e. The molecule has 2 aromatic rings. The van der Waals surface area contributed by atoms with Gasteiger partial charge >= 0.3 is 0 Å². The molecule has 2 aliphatic rings. The number of Topliss-reactive ketones (excluding diaryl/α,β-unsaturated/α-hetero) is 1. The number of nitrogens with zero attached hydrogens (tertiary/aromatic N) is 1. The zero-order chi connectivity index (χ0) is 23.4. The van der Waals surface area contributed by atoms with Gasteiger partial charge in [-0.15, -0.1) is 4.83 Å². The lowest BCUT2D eigenvalue weighted by molar-refractivity contribution is 0.0967. The standard InChI is InChI=1S/C26H34N2O4S/c1-19(2)20-11-15-25(16-12-20)33(30,31)27-28-17-3-5-23(28)6-4-18-32-24-13-9-22(10-14-24)26(29)21-7-8-21/h9-16,19,21,23,27H,3-8,17-18H2,1-2H3/t23-/m1/s1. The van der Waals surface area contributed by atoms with Crippen LogP contribution in [0.2, 0.25) is 0 Å². The Labute approximate surface area is 197 Å². The summed E-state index contributed by atoms with van der Waals surface area (Å²) in [4.78, 5) is 15.2. The van der Waals surface area contributed by atoms with Crippen molar-refractivity contribution in [2.24, 2.45) is 5.92 Å². The second kappa shape index (κ2) is 10.4. The SMILES string of the molecule is CC(C)c1ccc(S(=O)(=O)NN2CCC[C@@H]2CCCOc2ccc(C(=O)C3CC3)cc2)cc1. The van der Waals surface area contributed by atoms with Gasteiger partial charge < -0.3 is 4.74 Å². The number of rotatable bonds is 11. The molecule has 1 aliphatic carbocycles. The molecule has 2 aromatic carbocycles. The number of ketones is 1. The number of benzene rings is 2. The minimum atomic E-state index is -3.59. The van der Waals surface area contributed by atoms with Crippen molar-refractivity contribution in [3.63, 3.8) is 0 Å². The predicted molar refractivity (Wildman–Crippen MR) is 129 cm³/mol. The minimum absolute atomic E-state index is 0.164. The van der Waals surface area contributed by atoms with Gasteiger partial charge in [0.2, 0.25) is 0 Å². The van der Waals surface area contributed by atoms with Gasteiger partial charge in [0, 0.05) is 24.1 Å². The number of carbonyl (C=O) groups is 1. The Morgan fingerprint density at radius 1 is 1.06 bits per heavy atom. The molecule has 0 spiro atoms. The number of hydrogen-bond acceptors (Lipinski definition) is 5. The molecule has 7 heteroatoms. The van der Waals surface area contributed by atoms with Gasteiger partial charge in [0.05, 0.1) is 11.5 Å². The fourth-order valence-corrected chi connectivity index (χ4v) is 5.45. The van der Waals surface area contributed by atoms with Crippen LogP contribution in [0.15, 0.2) is 53.4 Å². The summed E-state index contributed by atoms with van der Waals surface area (Å²) in [6.07, 6.45) is 5.64. The third kappa shape index (κ3) is 6.22. The first-order valence-electron chi connectivity index (χ1n) is 12.0. The summed E-state index contributed by atoms with van der Waals surface area (Å²) >= 11 is 0. The molecule has 0 unspecified atom stereocenters. The zero-order valence-corrected chi connectivity index (χ0v) is 20.3. The quantitative estimate of drug-likeness (QED) is 0.373. The van der Waals surface area contributed by atoms with Crippen LogP contribution >= 0.6 is 0 Å². The van der Waals surface area contributed by atoms with E-state index >= 15 is 0 Å². The Balaban J connectivity index is 1.24. The molecule has 0 radical (unpaired) electrons. The number of nitrogens with one attached hydrogen (secondary N) is 1. The van der Waals surface area contributed by atoms with Gasteiger partial charge in [-0.2, -0.15) is 0 Å². The van der Waals surface area contributed by atoms with Crippen LogP contribution in [-0.2, 0) is 10.0 Å². The number of hydrazine groups is 1. The van der Waals surface area contributed by atoms with E-state index in [0.717, 1.165) is 55.4 Å². The fourth-order valence-electron chi connectivity index (χ4n) is 4.30. The van der Waals surface area contributed by atoms with Gasteiger partial charge in [-0.25, -0.2) is 13.4 Å². The van der Waals surface area contributed by atoms with E-state index < -0.39 is 10.0 Å². The number of sulfonamides is 1. The molecule has 1 heterocycles. The van der Waals surface area contributed by atoms with Crippen LogP contribution < -0.4 is 9.57 Å². The maximum absolute atomic E-state index is 12.8. The van der Waals surface area contributed by atoms with Crippen molar-refractivity contribution in [3.8, 4) is 5.75 Å². The van der Waals surface area contributed by atoms with Crippen LogP contribution in [0.25, 0.3) is 0 Å². The summed E-state index contributed by atoms with van der Waals surface area (Å²) in [6.45, 7) is 5.45. The highest BCUT2D eigenvalue weighted by atomic mass is 32.2. The van der Waals surface area contributed by atoms with Gasteiger partial charge in [-0.1, -0.05) is 26.0 Å². The highest BCUT2D eigenvalue weighted by molar-refractivity contribution is 7.89. The fraction of sp³-hybridized carbons (Fsp3) is 0.500. The topological polar surface area (TPSA) is 75.7 Å². The second-order valence-corrected chi connectivity index (χ2v) is 11.1. The highest BCUT2D eigenvalue weighted by Gasteiger charge is 2.30. The molecule has 178 valence electrons. The monoisotopic (exact) mass is 470 g/mol. The Morgan fingerprint density at radius 3 is 2.39 bits per heavy atom. The molecule has 4 rings (SSSR count). The van der Waals surface area contributed by atoms with Gasteiger partial charge in [0.15, 0.2) is 5.78 Å². The molecule has 1 saturated carbocycles. The molecule has 0 amide bonds. The number of ether oxygens (including phenoxy) is 1. The maximum atomic E-state index is 12.8. The average Bonchev–Trinajstić information content (AvgIpc) is 3.57. The summed E-state index contributed by atoms with van der Waals surface area (Å²) in [5, 5.41) is 1.87. The average molecular weight is 471 g/mol. The van der Waals surface area contributed by atoms with Gasteiger partial charge in [0.1, 0.15) is 5.75 Å². The van der Waals surface area contributed by atoms with Crippen LogP contribution in [0.4, 0.5) is 0 Å². The largest absolute Gasteiger partial charge is 0.494 e. The molecule has 33 heavy (non-hydrogen) atoms. The first-order chi connectivity index (χ1) is 15.8. The molecule has 0 aromatic heterocycles. The minimum Gasteiger partial charge on any atom is -0.494 e. The normalized spacial score (nSPS) is 19.2. The van der Waals surface area contributed by atoms with Crippen molar-refractivity contribution >= 4 is 15.8 Å². The van der Waals surface area contributed by atoms with E-state index in [1.165, 1.54) is 0 Å². The second-order valence-electron chi connectivity index (χ2n) is 9.46. The molecular formula is C26H34N2O4S. The van der Waals surface area contributed by atoms with E-state index in [2.05, 4.69) is 18.7 Å². The van der Waals surface area contributed by atoms with Gasteiger partial charge in [0.25, 0.3) is 10.0 Å². The van der Waals surface area contributed by atoms with Crippen LogP contribution in [0.3, 0.4) is 0 Å². The van der Waals surface area contributed by atoms with E-state index in [4.69, 9.17) is 4.74 Å². The van der Waals surface area contributed by atoms with Crippen LogP contribution in [0, 0.1) is 5.92 Å². The molecule has 1 aliphatic heterocycles. The van der Waals surface area contributed by atoms with Gasteiger partial charge in [-0.05, 0) is 86.4 Å². The zero-order valence-electron chi connectivity index (χ0n) is 19.5. The van der Waals surface area contributed by atoms with Crippen LogP contribution in [-0.4, -0.2) is 38.4 Å². The Hall–Kier alpha value is -2.22. The number of hydrogen-bond donors (Lipinski definition) is 1. The Kier molecular flexibility index (Phi) is 7.51. The lowest BCUT2D eigenvalue weighted by atomic mass is 10.0. The predicted octanol–water partition coefficient (Wildman–Crippen LogP) is 4.92. The molecule has 2 fully saturated rings. The molecule has 1 saturated heterocycles. The van der Waals surface area contributed by atoms with E-state index in [0.29, 0.717) is 24.0 Å². The van der Waals surface area contributed by atoms with Crippen LogP contribution in [0.5, 0.6) is 5.75 Å². The van der Waals surface area contributed by atoms with Crippen molar-refractivity contribution in [1.82, 2.24) is 9.84 Å². The number of carbonyl (C=O) groups excluding carboxylic acids is 1. The summed E-state index contributed by atoms with van der Waals surface area (Å²) in [6, 6.07) is 14.7. The maximum Gasteiger partial charge on any atom is 0.253 e. The van der Waals surface area contributed by atoms with Crippen molar-refractivity contribution < 1.29 is 17.9 Å². The van der Waals surface area contributed by atoms with Crippen molar-refractivity contribution in [2.75, 3.05) is 13.2 Å². The summed E-state index contributed by atoms with van der Waals surface area (Å²) < 4.78 is 31.5. The van der Waals surface area contributed by atoms with E-state index in [1.54, 1.807) is 12.1 Å². The Morgan fingerprint density at radius 2 is 1.76 bits per heavy atom. The third-order valence-electron chi connectivity index (χ3n) is 6.51. The lowest BCUT2D eigenvalue weighted by Gasteiger charge is -2.25. The summed E-state index contributed by atoms with van der Waals surface area (Å²) in [5.74, 6) is 1.59. The third-order valence-corrected chi connectivity index (χ3v) is 7.88. The molecule has 1 N–H and O–H groups in total. The first kappa shape index (κ1) is 23.9. The van der Waals surface area contributed by atoms with Crippen molar-refractivity contribution in [2.45, 2.75) is 69.2 Å². The van der Waals surface area contributed by atoms with E-state index in [9.17, 15) is 13.2 Å². The van der Waals surface area contributed by atoms with E-state index in [-0.39, 0.29) is 17.7 Å². The van der Waals surface area contributed by atoms with Crippen molar-refractivity contribution in [3.05, 3.63) is 59.7 Å². The molecule has 6 nitrogen and oxygen atoms in total. The summed E-state index contributed by atoms with van der Waals surface area (Å²) in [7, 11) is -3.59. The van der Waals surface area contributed by atoms with Crippen molar-refractivity contribution in [1.29, 1.82) is 0 Å². The van der Waals surface area contributed by atoms with Crippen LogP contribution in [0.1, 0.15) is 74.2 Å².